The lowest BCUT2D eigenvalue weighted by atomic mass is 10.1. The van der Waals surface area contributed by atoms with Crippen molar-refractivity contribution in [2.24, 2.45) is 0 Å². The molecular formula is C30H32Cl2FNO6. The van der Waals surface area contributed by atoms with Crippen LogP contribution in [0.2, 0.25) is 10.0 Å². The van der Waals surface area contributed by atoms with E-state index in [1.807, 2.05) is 12.1 Å². The highest BCUT2D eigenvalue weighted by Crippen LogP contribution is 2.20. The van der Waals surface area contributed by atoms with Crippen molar-refractivity contribution in [1.82, 2.24) is 4.90 Å². The van der Waals surface area contributed by atoms with Gasteiger partial charge in [0.05, 0.1) is 6.54 Å². The highest BCUT2D eigenvalue weighted by atomic mass is 35.5. The van der Waals surface area contributed by atoms with Crippen molar-refractivity contribution in [3.05, 3.63) is 99.3 Å². The highest BCUT2D eigenvalue weighted by Gasteiger charge is 2.18. The smallest absolute Gasteiger partial charge is 0.410 e. The first-order chi connectivity index (χ1) is 19.2. The topological polar surface area (TPSA) is 85.3 Å². The zero-order chi connectivity index (χ0) is 28.9. The first-order valence-corrected chi connectivity index (χ1v) is 13.7. The van der Waals surface area contributed by atoms with Crippen LogP contribution < -0.4 is 4.74 Å². The second-order valence-electron chi connectivity index (χ2n) is 9.03. The molecule has 0 aliphatic heterocycles. The van der Waals surface area contributed by atoms with Crippen molar-refractivity contribution in [3.8, 4) is 5.75 Å². The maximum absolute atomic E-state index is 13.2. The summed E-state index contributed by atoms with van der Waals surface area (Å²) in [5.74, 6) is -0.786. The first kappa shape index (κ1) is 31.2. The number of halogens is 3. The summed E-state index contributed by atoms with van der Waals surface area (Å²) in [5, 5.41) is 10.4. The van der Waals surface area contributed by atoms with Crippen molar-refractivity contribution < 1.29 is 33.3 Å². The van der Waals surface area contributed by atoms with Crippen molar-refractivity contribution >= 4 is 35.3 Å². The molecule has 0 fully saturated rings. The lowest BCUT2D eigenvalue weighted by Gasteiger charge is -2.22. The average Bonchev–Trinajstić information content (AvgIpc) is 2.91. The van der Waals surface area contributed by atoms with E-state index < -0.39 is 18.2 Å². The summed E-state index contributed by atoms with van der Waals surface area (Å²) >= 11 is 12.2. The Labute approximate surface area is 243 Å². The zero-order valence-corrected chi connectivity index (χ0v) is 23.7. The number of carbonyl (C=O) groups excluding carboxylic acids is 1. The summed E-state index contributed by atoms with van der Waals surface area (Å²) in [4.78, 5) is 25.8. The van der Waals surface area contributed by atoms with Crippen molar-refractivity contribution in [2.45, 2.75) is 38.9 Å². The molecule has 0 radical (unpaired) electrons. The van der Waals surface area contributed by atoms with Gasteiger partial charge in [-0.25, -0.2) is 14.0 Å². The Morgan fingerprint density at radius 2 is 1.57 bits per heavy atom. The number of carboxylic acid groups (broad SMARTS) is 1. The molecule has 1 atom stereocenters. The van der Waals surface area contributed by atoms with E-state index in [1.54, 1.807) is 54.3 Å². The summed E-state index contributed by atoms with van der Waals surface area (Å²) < 4.78 is 29.8. The summed E-state index contributed by atoms with van der Waals surface area (Å²) in [5.41, 5.74) is 2.44. The van der Waals surface area contributed by atoms with Gasteiger partial charge in [0.2, 0.25) is 0 Å². The van der Waals surface area contributed by atoms with Crippen LogP contribution in [0.15, 0.2) is 66.7 Å². The van der Waals surface area contributed by atoms with Crippen LogP contribution in [0.1, 0.15) is 30.0 Å². The number of hydrogen-bond acceptors (Lipinski definition) is 5. The number of rotatable bonds is 15. The van der Waals surface area contributed by atoms with Crippen LogP contribution in [0.4, 0.5) is 9.18 Å². The number of nitrogens with zero attached hydrogens (tertiary/aromatic N) is 1. The van der Waals surface area contributed by atoms with Crippen LogP contribution in [0.3, 0.4) is 0 Å². The molecule has 0 heterocycles. The molecule has 0 saturated heterocycles. The lowest BCUT2D eigenvalue weighted by molar-refractivity contribution is -0.149. The fourth-order valence-electron chi connectivity index (χ4n) is 3.97. The number of amides is 1. The number of hydrogen-bond donors (Lipinski definition) is 1. The molecule has 214 valence electrons. The second kappa shape index (κ2) is 16.1. The van der Waals surface area contributed by atoms with E-state index in [4.69, 9.17) is 37.4 Å². The van der Waals surface area contributed by atoms with Gasteiger partial charge in [-0.05, 0) is 78.9 Å². The van der Waals surface area contributed by atoms with Crippen molar-refractivity contribution in [2.75, 3.05) is 26.3 Å². The lowest BCUT2D eigenvalue weighted by Crippen LogP contribution is -2.36. The van der Waals surface area contributed by atoms with Gasteiger partial charge < -0.3 is 24.2 Å². The van der Waals surface area contributed by atoms with E-state index in [0.717, 1.165) is 11.1 Å². The number of aliphatic carboxylic acids is 1. The molecule has 1 N–H and O–H groups in total. The molecule has 7 nitrogen and oxygen atoms in total. The van der Waals surface area contributed by atoms with Gasteiger partial charge in [0, 0.05) is 29.6 Å². The molecule has 0 aliphatic rings. The van der Waals surface area contributed by atoms with Crippen LogP contribution in [0.5, 0.6) is 5.75 Å². The van der Waals surface area contributed by atoms with E-state index in [9.17, 15) is 19.1 Å². The van der Waals surface area contributed by atoms with Gasteiger partial charge in [-0.1, -0.05) is 47.5 Å². The molecule has 3 aromatic rings. The third-order valence-electron chi connectivity index (χ3n) is 5.97. The van der Waals surface area contributed by atoms with E-state index in [-0.39, 0.29) is 32.0 Å². The Hall–Kier alpha value is -3.33. The Morgan fingerprint density at radius 1 is 0.925 bits per heavy atom. The fourth-order valence-corrected chi connectivity index (χ4v) is 4.54. The number of benzene rings is 3. The SMILES string of the molecule is CCOC(Cc1ccc(OCCN(CCCc2cc(Cl)cc(Cl)c2)C(=O)OCc2ccc(F)cc2)cc1)C(=O)O. The minimum absolute atomic E-state index is 0.0148. The number of carboxylic acids is 1. The van der Waals surface area contributed by atoms with E-state index >= 15 is 0 Å². The van der Waals surface area contributed by atoms with Crippen molar-refractivity contribution in [1.29, 1.82) is 0 Å². The van der Waals surface area contributed by atoms with Gasteiger partial charge in [0.25, 0.3) is 0 Å². The van der Waals surface area contributed by atoms with Crippen LogP contribution in [0, 0.1) is 5.82 Å². The third-order valence-corrected chi connectivity index (χ3v) is 6.40. The molecule has 1 amide bonds. The Bertz CT molecular complexity index is 1220. The number of ether oxygens (including phenoxy) is 3. The fraction of sp³-hybridized carbons (Fsp3) is 0.333. The zero-order valence-electron chi connectivity index (χ0n) is 22.2. The molecule has 0 saturated carbocycles. The van der Waals surface area contributed by atoms with Crippen molar-refractivity contribution in [3.63, 3.8) is 0 Å². The first-order valence-electron chi connectivity index (χ1n) is 12.9. The molecule has 1 unspecified atom stereocenters. The summed E-state index contributed by atoms with van der Waals surface area (Å²) in [6.45, 7) is 2.97. The Morgan fingerprint density at radius 3 is 2.20 bits per heavy atom. The van der Waals surface area contributed by atoms with E-state index in [2.05, 4.69) is 0 Å². The van der Waals surface area contributed by atoms with Crippen LogP contribution >= 0.6 is 23.2 Å². The highest BCUT2D eigenvalue weighted by molar-refractivity contribution is 6.34. The monoisotopic (exact) mass is 591 g/mol. The minimum Gasteiger partial charge on any atom is -0.492 e. The molecular weight excluding hydrogens is 560 g/mol. The Balaban J connectivity index is 1.56. The molecule has 0 bridgehead atoms. The maximum atomic E-state index is 13.2. The van der Waals surface area contributed by atoms with E-state index in [1.165, 1.54) is 12.1 Å². The van der Waals surface area contributed by atoms with Gasteiger partial charge in [-0.2, -0.15) is 0 Å². The number of aryl methyl sites for hydroxylation is 1. The summed E-state index contributed by atoms with van der Waals surface area (Å²) in [6, 6.07) is 18.2. The summed E-state index contributed by atoms with van der Waals surface area (Å²) in [7, 11) is 0. The molecule has 0 aromatic heterocycles. The molecule has 3 aromatic carbocycles. The van der Waals surface area contributed by atoms with Crippen LogP contribution in [-0.4, -0.2) is 54.5 Å². The quantitative estimate of drug-likeness (QED) is 0.209. The van der Waals surface area contributed by atoms with Crippen LogP contribution in [0.25, 0.3) is 0 Å². The minimum atomic E-state index is -1.01. The van der Waals surface area contributed by atoms with Gasteiger partial charge in [0.1, 0.15) is 24.8 Å². The molecule has 40 heavy (non-hydrogen) atoms. The van der Waals surface area contributed by atoms with Crippen LogP contribution in [-0.2, 0) is 33.7 Å². The Kier molecular flexibility index (Phi) is 12.5. The van der Waals surface area contributed by atoms with Gasteiger partial charge in [-0.3, -0.25) is 0 Å². The largest absolute Gasteiger partial charge is 0.492 e. The van der Waals surface area contributed by atoms with Gasteiger partial charge in [0.15, 0.2) is 6.10 Å². The second-order valence-corrected chi connectivity index (χ2v) is 9.90. The normalized spacial score (nSPS) is 11.6. The summed E-state index contributed by atoms with van der Waals surface area (Å²) in [6.07, 6.45) is 0.122. The van der Waals surface area contributed by atoms with Gasteiger partial charge in [-0.15, -0.1) is 0 Å². The molecule has 10 heteroatoms. The predicted molar refractivity (Wildman–Crippen MR) is 152 cm³/mol. The van der Waals surface area contributed by atoms with E-state index in [0.29, 0.717) is 47.4 Å². The number of carbonyl (C=O) groups is 2. The third kappa shape index (κ3) is 10.7. The maximum Gasteiger partial charge on any atom is 0.410 e. The average molecular weight is 592 g/mol. The molecule has 0 aliphatic carbocycles. The molecule has 0 spiro atoms. The standard InChI is InChI=1S/C30H32Cl2FNO6/c1-2-38-28(29(35)36)18-21-7-11-27(12-8-21)39-15-14-34(13-3-4-23-16-24(31)19-25(32)17-23)30(37)40-20-22-5-9-26(33)10-6-22/h5-12,16-17,19,28H,2-4,13-15,18,20H2,1H3,(H,35,36). The van der Waals surface area contributed by atoms with Gasteiger partial charge >= 0.3 is 12.1 Å². The molecule has 3 rings (SSSR count). The predicted octanol–water partition coefficient (Wildman–Crippen LogP) is 6.82.